The molecule has 0 aromatic heterocycles. The zero-order valence-electron chi connectivity index (χ0n) is 13.4. The molecule has 0 heterocycles. The van der Waals surface area contributed by atoms with Gasteiger partial charge in [-0.2, -0.15) is 0 Å². The predicted octanol–water partition coefficient (Wildman–Crippen LogP) is 4.67. The van der Waals surface area contributed by atoms with Crippen molar-refractivity contribution in [2.75, 3.05) is 6.54 Å². The van der Waals surface area contributed by atoms with E-state index < -0.39 is 0 Å². The first kappa shape index (κ1) is 16.9. The van der Waals surface area contributed by atoms with Crippen molar-refractivity contribution in [1.82, 2.24) is 4.90 Å². The van der Waals surface area contributed by atoms with Gasteiger partial charge < -0.3 is 4.90 Å². The lowest BCUT2D eigenvalue weighted by Gasteiger charge is -2.21. The van der Waals surface area contributed by atoms with E-state index >= 15 is 0 Å². The number of allylic oxidation sites excluding steroid dienone is 1. The van der Waals surface area contributed by atoms with E-state index in [4.69, 9.17) is 0 Å². The molecule has 0 aliphatic carbocycles. The molecule has 2 rings (SSSR count). The van der Waals surface area contributed by atoms with E-state index in [9.17, 15) is 9.18 Å². The van der Waals surface area contributed by atoms with Crippen LogP contribution in [0, 0.1) is 5.82 Å². The van der Waals surface area contributed by atoms with Gasteiger partial charge in [0.15, 0.2) is 0 Å². The number of hydrogen-bond donors (Lipinski definition) is 0. The number of hydrogen-bond acceptors (Lipinski definition) is 1. The molecular formula is C20H22FNO. The highest BCUT2D eigenvalue weighted by atomic mass is 19.1. The van der Waals surface area contributed by atoms with Gasteiger partial charge in [-0.1, -0.05) is 60.7 Å². The number of amides is 1. The lowest BCUT2D eigenvalue weighted by Crippen LogP contribution is -2.30. The summed E-state index contributed by atoms with van der Waals surface area (Å²) >= 11 is 0. The second kappa shape index (κ2) is 8.89. The number of carbonyl (C=O) groups is 1. The van der Waals surface area contributed by atoms with Gasteiger partial charge in [0.2, 0.25) is 5.91 Å². The monoisotopic (exact) mass is 311 g/mol. The van der Waals surface area contributed by atoms with Gasteiger partial charge in [-0.25, -0.2) is 4.39 Å². The molecule has 0 saturated heterocycles. The van der Waals surface area contributed by atoms with Gasteiger partial charge >= 0.3 is 0 Å². The third-order valence-electron chi connectivity index (χ3n) is 3.69. The molecule has 0 fully saturated rings. The molecule has 120 valence electrons. The Kier molecular flexibility index (Phi) is 6.55. The largest absolute Gasteiger partial charge is 0.339 e. The summed E-state index contributed by atoms with van der Waals surface area (Å²) < 4.78 is 13.7. The van der Waals surface area contributed by atoms with Gasteiger partial charge in [-0.15, -0.1) is 0 Å². The van der Waals surface area contributed by atoms with Crippen LogP contribution < -0.4 is 0 Å². The number of nitrogens with zero attached hydrogens (tertiary/aromatic N) is 1. The maximum absolute atomic E-state index is 13.7. The molecule has 3 heteroatoms. The summed E-state index contributed by atoms with van der Waals surface area (Å²) in [5.74, 6) is -0.212. The topological polar surface area (TPSA) is 20.3 Å². The van der Waals surface area contributed by atoms with E-state index in [0.29, 0.717) is 31.5 Å². The fourth-order valence-electron chi connectivity index (χ4n) is 2.36. The summed E-state index contributed by atoms with van der Waals surface area (Å²) in [4.78, 5) is 14.0. The number of halogens is 1. The zero-order valence-corrected chi connectivity index (χ0v) is 13.4. The van der Waals surface area contributed by atoms with Crippen LogP contribution in [0.25, 0.3) is 6.08 Å². The molecule has 0 N–H and O–H groups in total. The average molecular weight is 311 g/mol. The molecule has 0 radical (unpaired) electrons. The van der Waals surface area contributed by atoms with Crippen LogP contribution in [-0.4, -0.2) is 17.4 Å². The fourth-order valence-corrected chi connectivity index (χ4v) is 2.36. The Morgan fingerprint density at radius 3 is 2.48 bits per heavy atom. The summed E-state index contributed by atoms with van der Waals surface area (Å²) in [6.07, 6.45) is 5.14. The van der Waals surface area contributed by atoms with Crippen LogP contribution in [-0.2, 0) is 11.3 Å². The van der Waals surface area contributed by atoms with E-state index in [1.807, 2.05) is 49.4 Å². The van der Waals surface area contributed by atoms with E-state index in [0.717, 1.165) is 5.56 Å². The molecular weight excluding hydrogens is 289 g/mol. The summed E-state index contributed by atoms with van der Waals surface area (Å²) in [6.45, 7) is 2.82. The van der Waals surface area contributed by atoms with Gasteiger partial charge in [-0.3, -0.25) is 4.79 Å². The Balaban J connectivity index is 1.85. The first-order chi connectivity index (χ1) is 11.2. The predicted molar refractivity (Wildman–Crippen MR) is 92.2 cm³/mol. The minimum absolute atomic E-state index is 0.0495. The van der Waals surface area contributed by atoms with Crippen LogP contribution >= 0.6 is 0 Å². The second-order valence-electron chi connectivity index (χ2n) is 5.35. The molecule has 0 spiro atoms. The molecule has 1 amide bonds. The molecule has 23 heavy (non-hydrogen) atoms. The third-order valence-corrected chi connectivity index (χ3v) is 3.69. The molecule has 0 bridgehead atoms. The van der Waals surface area contributed by atoms with Crippen LogP contribution in [0.3, 0.4) is 0 Å². The van der Waals surface area contributed by atoms with E-state index in [1.165, 1.54) is 6.07 Å². The van der Waals surface area contributed by atoms with Gasteiger partial charge in [-0.05, 0) is 25.0 Å². The molecule has 2 nitrogen and oxygen atoms in total. The van der Waals surface area contributed by atoms with Crippen LogP contribution in [0.4, 0.5) is 4.39 Å². The molecule has 0 aliphatic rings. The highest BCUT2D eigenvalue weighted by Crippen LogP contribution is 2.11. The number of carbonyl (C=O) groups excluding carboxylic acids is 1. The van der Waals surface area contributed by atoms with Crippen molar-refractivity contribution < 1.29 is 9.18 Å². The maximum atomic E-state index is 13.7. The van der Waals surface area contributed by atoms with E-state index in [1.54, 1.807) is 23.1 Å². The average Bonchev–Trinajstić information content (AvgIpc) is 2.59. The first-order valence-corrected chi connectivity index (χ1v) is 7.93. The van der Waals surface area contributed by atoms with Crippen molar-refractivity contribution in [3.05, 3.63) is 77.6 Å². The van der Waals surface area contributed by atoms with Crippen molar-refractivity contribution in [2.45, 2.75) is 26.3 Å². The van der Waals surface area contributed by atoms with Crippen molar-refractivity contribution >= 4 is 12.0 Å². The Bertz CT molecular complexity index is 652. The lowest BCUT2D eigenvalue weighted by molar-refractivity contribution is -0.131. The quantitative estimate of drug-likeness (QED) is 0.728. The van der Waals surface area contributed by atoms with Crippen LogP contribution in [0.15, 0.2) is 60.7 Å². The van der Waals surface area contributed by atoms with Gasteiger partial charge in [0.25, 0.3) is 0 Å². The fraction of sp³-hybridized carbons (Fsp3) is 0.250. The normalized spacial score (nSPS) is 10.9. The summed E-state index contributed by atoms with van der Waals surface area (Å²) in [5, 5.41) is 0. The SMILES string of the molecule is CCN(Cc1ccccc1F)C(=O)CC/C=C/c1ccccc1. The summed E-state index contributed by atoms with van der Waals surface area (Å²) in [5.41, 5.74) is 1.68. The van der Waals surface area contributed by atoms with Crippen LogP contribution in [0.1, 0.15) is 30.9 Å². The second-order valence-corrected chi connectivity index (χ2v) is 5.35. The summed E-state index contributed by atoms with van der Waals surface area (Å²) in [7, 11) is 0. The Morgan fingerprint density at radius 1 is 1.09 bits per heavy atom. The molecule has 0 aliphatic heterocycles. The minimum atomic E-state index is -0.261. The first-order valence-electron chi connectivity index (χ1n) is 7.93. The Morgan fingerprint density at radius 2 is 1.78 bits per heavy atom. The number of rotatable bonds is 7. The molecule has 0 unspecified atom stereocenters. The Hall–Kier alpha value is -2.42. The molecule has 0 saturated carbocycles. The highest BCUT2D eigenvalue weighted by molar-refractivity contribution is 5.76. The molecule has 2 aromatic carbocycles. The Labute approximate surface area is 137 Å². The van der Waals surface area contributed by atoms with Crippen molar-refractivity contribution in [3.8, 4) is 0 Å². The van der Waals surface area contributed by atoms with Gasteiger partial charge in [0, 0.05) is 25.1 Å². The maximum Gasteiger partial charge on any atom is 0.223 e. The molecule has 2 aromatic rings. The highest BCUT2D eigenvalue weighted by Gasteiger charge is 2.13. The van der Waals surface area contributed by atoms with Crippen molar-refractivity contribution in [2.24, 2.45) is 0 Å². The van der Waals surface area contributed by atoms with E-state index in [-0.39, 0.29) is 11.7 Å². The number of benzene rings is 2. The third kappa shape index (κ3) is 5.37. The van der Waals surface area contributed by atoms with Crippen molar-refractivity contribution in [3.63, 3.8) is 0 Å². The van der Waals surface area contributed by atoms with E-state index in [2.05, 4.69) is 0 Å². The molecule has 0 atom stereocenters. The minimum Gasteiger partial charge on any atom is -0.339 e. The lowest BCUT2D eigenvalue weighted by atomic mass is 10.1. The van der Waals surface area contributed by atoms with Gasteiger partial charge in [0.1, 0.15) is 5.82 Å². The zero-order chi connectivity index (χ0) is 16.5. The summed E-state index contributed by atoms with van der Waals surface area (Å²) in [6, 6.07) is 16.6. The van der Waals surface area contributed by atoms with Crippen LogP contribution in [0.5, 0.6) is 0 Å². The van der Waals surface area contributed by atoms with Crippen LogP contribution in [0.2, 0.25) is 0 Å². The smallest absolute Gasteiger partial charge is 0.223 e. The van der Waals surface area contributed by atoms with Gasteiger partial charge in [0.05, 0.1) is 0 Å². The standard InChI is InChI=1S/C20H22FNO/c1-2-22(16-18-13-7-8-14-19(18)21)20(23)15-9-6-12-17-10-4-3-5-11-17/h3-8,10-14H,2,9,15-16H2,1H3/b12-6+. The van der Waals surface area contributed by atoms with Crippen molar-refractivity contribution in [1.29, 1.82) is 0 Å².